The lowest BCUT2D eigenvalue weighted by molar-refractivity contribution is 0.365. The zero-order valence-electron chi connectivity index (χ0n) is 9.76. The van der Waals surface area contributed by atoms with E-state index in [9.17, 15) is 0 Å². The molecule has 0 aliphatic heterocycles. The molecule has 0 heterocycles. The van der Waals surface area contributed by atoms with Crippen molar-refractivity contribution in [2.45, 2.75) is 40.5 Å². The molecule has 0 aromatic heterocycles. The fourth-order valence-corrected chi connectivity index (χ4v) is 1.60. The molecule has 2 heteroatoms. The first-order valence-corrected chi connectivity index (χ1v) is 6.16. The van der Waals surface area contributed by atoms with Gasteiger partial charge in [-0.1, -0.05) is 40.2 Å². The summed E-state index contributed by atoms with van der Waals surface area (Å²) in [6.45, 7) is 9.88. The predicted octanol–water partition coefficient (Wildman–Crippen LogP) is 2.30. The standard InChI is InChI=1S/C11H24OSi/c1-5-9(3)7-11(8-12-13)10(4)6-2/h7,9-10H,5-6,8H2,1-4,13H3. The van der Waals surface area contributed by atoms with Crippen molar-refractivity contribution in [2.75, 3.05) is 6.61 Å². The Morgan fingerprint density at radius 3 is 2.31 bits per heavy atom. The average Bonchev–Trinajstić information content (AvgIpc) is 2.15. The molecule has 1 nitrogen and oxygen atoms in total. The quantitative estimate of drug-likeness (QED) is 0.472. The average molecular weight is 200 g/mol. The molecule has 0 aromatic carbocycles. The second-order valence-electron chi connectivity index (χ2n) is 3.87. The molecule has 0 spiro atoms. The molecule has 13 heavy (non-hydrogen) atoms. The molecule has 0 amide bonds. The van der Waals surface area contributed by atoms with Crippen LogP contribution in [-0.4, -0.2) is 17.1 Å². The zero-order chi connectivity index (χ0) is 10.3. The second kappa shape index (κ2) is 7.33. The molecule has 0 radical (unpaired) electrons. The Kier molecular flexibility index (Phi) is 7.29. The van der Waals surface area contributed by atoms with Gasteiger partial charge in [0.1, 0.15) is 10.5 Å². The Balaban J connectivity index is 4.29. The number of hydrogen-bond acceptors (Lipinski definition) is 1. The van der Waals surface area contributed by atoms with Crippen molar-refractivity contribution in [3.63, 3.8) is 0 Å². The van der Waals surface area contributed by atoms with E-state index in [1.54, 1.807) is 0 Å². The van der Waals surface area contributed by atoms with Gasteiger partial charge in [-0.15, -0.1) is 0 Å². The van der Waals surface area contributed by atoms with Crippen molar-refractivity contribution in [2.24, 2.45) is 11.8 Å². The summed E-state index contributed by atoms with van der Waals surface area (Å²) in [4.78, 5) is 0. The van der Waals surface area contributed by atoms with Crippen molar-refractivity contribution >= 4 is 10.5 Å². The van der Waals surface area contributed by atoms with Crippen molar-refractivity contribution in [1.82, 2.24) is 0 Å². The third-order valence-electron chi connectivity index (χ3n) is 2.70. The minimum atomic E-state index is 0.683. The largest absolute Gasteiger partial charge is 0.424 e. The maximum atomic E-state index is 5.34. The van der Waals surface area contributed by atoms with E-state index in [1.165, 1.54) is 18.4 Å². The van der Waals surface area contributed by atoms with Crippen LogP contribution in [0.4, 0.5) is 0 Å². The minimum absolute atomic E-state index is 0.683. The van der Waals surface area contributed by atoms with E-state index in [2.05, 4.69) is 33.8 Å². The molecule has 0 aliphatic carbocycles. The molecule has 0 rings (SSSR count). The van der Waals surface area contributed by atoms with E-state index in [1.807, 2.05) is 0 Å². The topological polar surface area (TPSA) is 9.23 Å². The molecule has 0 saturated heterocycles. The summed E-state index contributed by atoms with van der Waals surface area (Å²) in [5.74, 6) is 1.38. The number of rotatable bonds is 6. The van der Waals surface area contributed by atoms with Gasteiger partial charge in [-0.25, -0.2) is 0 Å². The van der Waals surface area contributed by atoms with Crippen molar-refractivity contribution in [3.8, 4) is 0 Å². The lowest BCUT2D eigenvalue weighted by Crippen LogP contribution is -2.07. The van der Waals surface area contributed by atoms with Crippen molar-refractivity contribution in [3.05, 3.63) is 11.6 Å². The van der Waals surface area contributed by atoms with Crippen LogP contribution in [0.1, 0.15) is 40.5 Å². The predicted molar refractivity (Wildman–Crippen MR) is 62.9 cm³/mol. The summed E-state index contributed by atoms with van der Waals surface area (Å²) in [5.41, 5.74) is 1.49. The molecular formula is C11H24OSi. The first-order valence-electron chi connectivity index (χ1n) is 5.35. The van der Waals surface area contributed by atoms with Crippen LogP contribution in [-0.2, 0) is 4.43 Å². The van der Waals surface area contributed by atoms with Crippen LogP contribution in [0.2, 0.25) is 0 Å². The summed E-state index contributed by atoms with van der Waals surface area (Å²) in [6, 6.07) is 0. The van der Waals surface area contributed by atoms with Gasteiger partial charge in [-0.05, 0) is 23.8 Å². The molecule has 78 valence electrons. The second-order valence-corrected chi connectivity index (χ2v) is 4.45. The van der Waals surface area contributed by atoms with Crippen LogP contribution in [0, 0.1) is 11.8 Å². The molecule has 0 fully saturated rings. The third-order valence-corrected chi connectivity index (χ3v) is 2.99. The van der Waals surface area contributed by atoms with Gasteiger partial charge in [0.2, 0.25) is 0 Å². The van der Waals surface area contributed by atoms with Gasteiger partial charge in [0, 0.05) is 0 Å². The highest BCUT2D eigenvalue weighted by atomic mass is 28.2. The van der Waals surface area contributed by atoms with Crippen LogP contribution < -0.4 is 0 Å². The lowest BCUT2D eigenvalue weighted by Gasteiger charge is -2.15. The Bertz CT molecular complexity index is 154. The number of hydrogen-bond donors (Lipinski definition) is 0. The van der Waals surface area contributed by atoms with Crippen molar-refractivity contribution in [1.29, 1.82) is 0 Å². The van der Waals surface area contributed by atoms with Gasteiger partial charge >= 0.3 is 0 Å². The highest BCUT2D eigenvalue weighted by molar-refractivity contribution is 5.98. The van der Waals surface area contributed by atoms with Crippen LogP contribution in [0.5, 0.6) is 0 Å². The van der Waals surface area contributed by atoms with E-state index in [0.717, 1.165) is 17.1 Å². The van der Waals surface area contributed by atoms with Crippen LogP contribution in [0.3, 0.4) is 0 Å². The minimum Gasteiger partial charge on any atom is -0.424 e. The summed E-state index contributed by atoms with van der Waals surface area (Å²) >= 11 is 0. The smallest absolute Gasteiger partial charge is 0.146 e. The van der Waals surface area contributed by atoms with E-state index in [4.69, 9.17) is 4.43 Å². The van der Waals surface area contributed by atoms with Gasteiger partial charge < -0.3 is 4.43 Å². The molecule has 2 atom stereocenters. The van der Waals surface area contributed by atoms with Gasteiger partial charge in [0.25, 0.3) is 0 Å². The molecule has 0 N–H and O–H groups in total. The summed E-state index contributed by atoms with van der Waals surface area (Å²) in [5, 5.41) is 0. The fraction of sp³-hybridized carbons (Fsp3) is 0.818. The molecule has 0 aliphatic rings. The highest BCUT2D eigenvalue weighted by Crippen LogP contribution is 2.17. The van der Waals surface area contributed by atoms with E-state index in [-0.39, 0.29) is 0 Å². The van der Waals surface area contributed by atoms with E-state index < -0.39 is 0 Å². The summed E-state index contributed by atoms with van der Waals surface area (Å²) in [6.07, 6.45) is 4.83. The van der Waals surface area contributed by atoms with Crippen molar-refractivity contribution < 1.29 is 4.43 Å². The lowest BCUT2D eigenvalue weighted by atomic mass is 9.94. The maximum absolute atomic E-state index is 5.34. The Morgan fingerprint density at radius 2 is 1.92 bits per heavy atom. The molecule has 0 saturated carbocycles. The highest BCUT2D eigenvalue weighted by Gasteiger charge is 2.07. The monoisotopic (exact) mass is 200 g/mol. The Hall–Kier alpha value is -0.0831. The Labute approximate surface area is 86.1 Å². The van der Waals surface area contributed by atoms with Gasteiger partial charge in [-0.3, -0.25) is 0 Å². The summed E-state index contributed by atoms with van der Waals surface area (Å²) < 4.78 is 5.34. The van der Waals surface area contributed by atoms with E-state index in [0.29, 0.717) is 11.8 Å². The molecular weight excluding hydrogens is 176 g/mol. The van der Waals surface area contributed by atoms with Gasteiger partial charge in [0.05, 0.1) is 6.61 Å². The third kappa shape index (κ3) is 5.27. The molecule has 2 unspecified atom stereocenters. The normalized spacial score (nSPS) is 17.4. The molecule has 0 aromatic rings. The maximum Gasteiger partial charge on any atom is 0.146 e. The fourth-order valence-electron chi connectivity index (χ4n) is 1.27. The van der Waals surface area contributed by atoms with Crippen LogP contribution in [0.15, 0.2) is 11.6 Å². The van der Waals surface area contributed by atoms with Crippen LogP contribution >= 0.6 is 0 Å². The SMILES string of the molecule is CCC(C)C=C(CO[SiH3])C(C)CC. The first kappa shape index (κ1) is 12.9. The summed E-state index contributed by atoms with van der Waals surface area (Å²) in [7, 11) is 0.846. The first-order chi connectivity index (χ1) is 6.15. The zero-order valence-corrected chi connectivity index (χ0v) is 11.8. The van der Waals surface area contributed by atoms with Gasteiger partial charge in [0.15, 0.2) is 0 Å². The Morgan fingerprint density at radius 1 is 1.31 bits per heavy atom. The van der Waals surface area contributed by atoms with E-state index >= 15 is 0 Å². The molecule has 0 bridgehead atoms. The number of allylic oxidation sites excluding steroid dienone is 1. The van der Waals surface area contributed by atoms with Gasteiger partial charge in [-0.2, -0.15) is 0 Å². The van der Waals surface area contributed by atoms with Crippen LogP contribution in [0.25, 0.3) is 0 Å².